The van der Waals surface area contributed by atoms with E-state index in [4.69, 9.17) is 18.9 Å². The zero-order chi connectivity index (χ0) is 13.2. The molecule has 0 radical (unpaired) electrons. The van der Waals surface area contributed by atoms with Gasteiger partial charge in [0, 0.05) is 12.2 Å². The van der Waals surface area contributed by atoms with Gasteiger partial charge in [-0.05, 0) is 19.8 Å². The summed E-state index contributed by atoms with van der Waals surface area (Å²) >= 11 is 0. The second-order valence-corrected chi connectivity index (χ2v) is 4.24. The molecule has 0 aromatic heterocycles. The first-order valence-corrected chi connectivity index (χ1v) is 6.30. The van der Waals surface area contributed by atoms with E-state index in [2.05, 4.69) is 6.58 Å². The maximum atomic E-state index is 11.0. The highest BCUT2D eigenvalue weighted by Crippen LogP contribution is 2.11. The van der Waals surface area contributed by atoms with E-state index >= 15 is 0 Å². The highest BCUT2D eigenvalue weighted by molar-refractivity contribution is 5.86. The zero-order valence-electron chi connectivity index (χ0n) is 11.0. The first-order valence-electron chi connectivity index (χ1n) is 6.30. The van der Waals surface area contributed by atoms with Crippen molar-refractivity contribution >= 4 is 5.97 Å². The van der Waals surface area contributed by atoms with Crippen LogP contribution in [-0.2, 0) is 23.7 Å². The lowest BCUT2D eigenvalue weighted by Gasteiger charge is -2.10. The number of hydrogen-bond acceptors (Lipinski definition) is 5. The van der Waals surface area contributed by atoms with Crippen LogP contribution in [0.4, 0.5) is 0 Å². The minimum Gasteiger partial charge on any atom is -0.460 e. The molecular formula is C13H22O5. The van der Waals surface area contributed by atoms with Crippen LogP contribution in [0.25, 0.3) is 0 Å². The molecule has 0 N–H and O–H groups in total. The minimum absolute atomic E-state index is 0.247. The Morgan fingerprint density at radius 1 is 1.28 bits per heavy atom. The van der Waals surface area contributed by atoms with E-state index in [1.807, 2.05) is 0 Å². The van der Waals surface area contributed by atoms with Crippen LogP contribution in [0.5, 0.6) is 0 Å². The third-order valence-electron chi connectivity index (χ3n) is 2.51. The Hall–Kier alpha value is -0.910. The maximum Gasteiger partial charge on any atom is 0.333 e. The molecule has 1 unspecified atom stereocenters. The molecule has 1 fully saturated rings. The lowest BCUT2D eigenvalue weighted by atomic mass is 10.2. The van der Waals surface area contributed by atoms with Crippen molar-refractivity contribution in [2.24, 2.45) is 0 Å². The van der Waals surface area contributed by atoms with Crippen LogP contribution in [0, 0.1) is 0 Å². The van der Waals surface area contributed by atoms with Crippen LogP contribution in [0.1, 0.15) is 19.8 Å². The van der Waals surface area contributed by atoms with Gasteiger partial charge >= 0.3 is 5.97 Å². The molecule has 0 aromatic carbocycles. The third kappa shape index (κ3) is 6.74. The van der Waals surface area contributed by atoms with E-state index in [1.54, 1.807) is 6.92 Å². The smallest absolute Gasteiger partial charge is 0.333 e. The van der Waals surface area contributed by atoms with Gasteiger partial charge in [0.2, 0.25) is 0 Å². The Morgan fingerprint density at radius 2 is 2.00 bits per heavy atom. The summed E-state index contributed by atoms with van der Waals surface area (Å²) in [5.74, 6) is -0.381. The van der Waals surface area contributed by atoms with Gasteiger partial charge in [0.1, 0.15) is 6.61 Å². The van der Waals surface area contributed by atoms with Crippen molar-refractivity contribution in [3.8, 4) is 0 Å². The van der Waals surface area contributed by atoms with Crippen LogP contribution in [0.2, 0.25) is 0 Å². The third-order valence-corrected chi connectivity index (χ3v) is 2.51. The Morgan fingerprint density at radius 3 is 2.67 bits per heavy atom. The van der Waals surface area contributed by atoms with Crippen molar-refractivity contribution in [2.75, 3.05) is 39.6 Å². The predicted molar refractivity (Wildman–Crippen MR) is 66.4 cm³/mol. The molecule has 0 saturated carbocycles. The van der Waals surface area contributed by atoms with Gasteiger partial charge < -0.3 is 18.9 Å². The van der Waals surface area contributed by atoms with E-state index in [1.165, 1.54) is 0 Å². The molecule has 1 aliphatic heterocycles. The summed E-state index contributed by atoms with van der Waals surface area (Å²) in [7, 11) is 0. The van der Waals surface area contributed by atoms with Gasteiger partial charge in [-0.25, -0.2) is 4.79 Å². The lowest BCUT2D eigenvalue weighted by molar-refractivity contribution is -0.140. The van der Waals surface area contributed by atoms with Crippen molar-refractivity contribution in [3.63, 3.8) is 0 Å². The van der Waals surface area contributed by atoms with Crippen LogP contribution in [0.3, 0.4) is 0 Å². The molecule has 1 saturated heterocycles. The molecule has 0 spiro atoms. The average molecular weight is 258 g/mol. The summed E-state index contributed by atoms with van der Waals surface area (Å²) in [6, 6.07) is 0. The quantitative estimate of drug-likeness (QED) is 0.355. The summed E-state index contributed by atoms with van der Waals surface area (Å²) in [4.78, 5) is 11.0. The molecule has 5 heteroatoms. The van der Waals surface area contributed by atoms with Gasteiger partial charge in [-0.2, -0.15) is 0 Å². The largest absolute Gasteiger partial charge is 0.460 e. The van der Waals surface area contributed by atoms with Gasteiger partial charge in [0.05, 0.1) is 32.5 Å². The highest BCUT2D eigenvalue weighted by Gasteiger charge is 2.14. The summed E-state index contributed by atoms with van der Waals surface area (Å²) in [6.45, 7) is 8.24. The fourth-order valence-corrected chi connectivity index (χ4v) is 1.53. The second-order valence-electron chi connectivity index (χ2n) is 4.24. The van der Waals surface area contributed by atoms with Gasteiger partial charge in [-0.15, -0.1) is 0 Å². The molecule has 5 nitrogen and oxygen atoms in total. The molecule has 0 aromatic rings. The molecule has 1 aliphatic rings. The summed E-state index contributed by atoms with van der Waals surface area (Å²) < 4.78 is 20.9. The number of esters is 1. The molecular weight excluding hydrogens is 236 g/mol. The average Bonchev–Trinajstić information content (AvgIpc) is 2.85. The predicted octanol–water partition coefficient (Wildman–Crippen LogP) is 1.32. The molecule has 1 rings (SSSR count). The Bertz CT molecular complexity index is 258. The molecule has 18 heavy (non-hydrogen) atoms. The topological polar surface area (TPSA) is 54.0 Å². The SMILES string of the molecule is C=C(C)C(=O)OCCOCCOCC1CCCO1. The Kier molecular flexibility index (Phi) is 7.64. The number of hydrogen-bond donors (Lipinski definition) is 0. The van der Waals surface area contributed by atoms with Gasteiger partial charge in [0.15, 0.2) is 0 Å². The Balaban J connectivity index is 1.81. The molecule has 1 heterocycles. The monoisotopic (exact) mass is 258 g/mol. The first-order chi connectivity index (χ1) is 8.70. The van der Waals surface area contributed by atoms with Crippen LogP contribution in [0.15, 0.2) is 12.2 Å². The van der Waals surface area contributed by atoms with Gasteiger partial charge in [-0.1, -0.05) is 6.58 Å². The molecule has 0 amide bonds. The van der Waals surface area contributed by atoms with Gasteiger partial charge in [-0.3, -0.25) is 0 Å². The molecule has 104 valence electrons. The van der Waals surface area contributed by atoms with E-state index in [9.17, 15) is 4.79 Å². The first kappa shape index (κ1) is 15.1. The van der Waals surface area contributed by atoms with Crippen LogP contribution in [-0.4, -0.2) is 51.7 Å². The van der Waals surface area contributed by atoms with E-state index in [-0.39, 0.29) is 18.7 Å². The zero-order valence-corrected chi connectivity index (χ0v) is 11.0. The number of carbonyl (C=O) groups is 1. The van der Waals surface area contributed by atoms with E-state index in [0.29, 0.717) is 32.0 Å². The summed E-state index contributed by atoms with van der Waals surface area (Å²) in [6.07, 6.45) is 2.46. The number of carbonyl (C=O) groups excluding carboxylic acids is 1. The molecule has 0 aliphatic carbocycles. The van der Waals surface area contributed by atoms with Crippen molar-refractivity contribution in [3.05, 3.63) is 12.2 Å². The fourth-order valence-electron chi connectivity index (χ4n) is 1.53. The normalized spacial score (nSPS) is 18.8. The molecule has 0 bridgehead atoms. The highest BCUT2D eigenvalue weighted by atomic mass is 16.6. The maximum absolute atomic E-state index is 11.0. The second kappa shape index (κ2) is 9.08. The summed E-state index contributed by atoms with van der Waals surface area (Å²) in [5, 5.41) is 0. The van der Waals surface area contributed by atoms with Crippen LogP contribution >= 0.6 is 0 Å². The van der Waals surface area contributed by atoms with Crippen molar-refractivity contribution in [1.82, 2.24) is 0 Å². The molecule has 1 atom stereocenters. The van der Waals surface area contributed by atoms with E-state index < -0.39 is 0 Å². The fraction of sp³-hybridized carbons (Fsp3) is 0.769. The van der Waals surface area contributed by atoms with Gasteiger partial charge in [0.25, 0.3) is 0 Å². The van der Waals surface area contributed by atoms with Crippen molar-refractivity contribution < 1.29 is 23.7 Å². The van der Waals surface area contributed by atoms with Crippen LogP contribution < -0.4 is 0 Å². The Labute approximate surface area is 108 Å². The minimum atomic E-state index is -0.381. The lowest BCUT2D eigenvalue weighted by Crippen LogP contribution is -2.17. The standard InChI is InChI=1S/C13H22O5/c1-11(2)13(14)18-9-8-15-6-7-16-10-12-4-3-5-17-12/h12H,1,3-10H2,2H3. The number of ether oxygens (including phenoxy) is 4. The van der Waals surface area contributed by atoms with E-state index in [0.717, 1.165) is 19.4 Å². The van der Waals surface area contributed by atoms with Crippen molar-refractivity contribution in [2.45, 2.75) is 25.9 Å². The number of rotatable bonds is 9. The summed E-state index contributed by atoms with van der Waals surface area (Å²) in [5.41, 5.74) is 0.398. The van der Waals surface area contributed by atoms with Crippen molar-refractivity contribution in [1.29, 1.82) is 0 Å².